The molecule has 3 nitrogen and oxygen atoms in total. The van der Waals surface area contributed by atoms with Crippen LogP contribution >= 0.6 is 11.6 Å². The normalized spacial score (nSPS) is 18.1. The Morgan fingerprint density at radius 3 is 2.32 bits per heavy atom. The first-order chi connectivity index (χ1) is 10.5. The number of amides is 2. The molecule has 112 valence electrons. The average molecular weight is 318 g/mol. The molecule has 5 heteroatoms. The van der Waals surface area contributed by atoms with Crippen LogP contribution in [-0.2, 0) is 16.0 Å². The standard InChI is InChI=1S/C17H13ClFNO2/c18-13-3-1-11(2-4-13)9-12-10-16(21)20(17(12)22)15-7-5-14(19)6-8-15/h1-8,12H,9-10H2/t12-/m0/s1. The molecule has 0 spiro atoms. The molecule has 1 atom stereocenters. The quantitative estimate of drug-likeness (QED) is 0.811. The number of rotatable bonds is 3. The smallest absolute Gasteiger partial charge is 0.237 e. The summed E-state index contributed by atoms with van der Waals surface area (Å²) in [5.74, 6) is -1.29. The zero-order valence-corrected chi connectivity index (χ0v) is 12.4. The van der Waals surface area contributed by atoms with E-state index in [0.29, 0.717) is 17.1 Å². The largest absolute Gasteiger partial charge is 0.274 e. The monoisotopic (exact) mass is 317 g/mol. The van der Waals surface area contributed by atoms with Gasteiger partial charge in [-0.3, -0.25) is 14.5 Å². The third kappa shape index (κ3) is 2.88. The molecule has 0 aromatic heterocycles. The van der Waals surface area contributed by atoms with Gasteiger partial charge in [0.15, 0.2) is 0 Å². The topological polar surface area (TPSA) is 37.4 Å². The molecule has 1 fully saturated rings. The number of hydrogen-bond acceptors (Lipinski definition) is 2. The van der Waals surface area contributed by atoms with Crippen LogP contribution in [0.15, 0.2) is 48.5 Å². The maximum Gasteiger partial charge on any atom is 0.237 e. The van der Waals surface area contributed by atoms with E-state index in [9.17, 15) is 14.0 Å². The van der Waals surface area contributed by atoms with Gasteiger partial charge in [0.05, 0.1) is 11.6 Å². The molecule has 2 aromatic carbocycles. The molecule has 1 aliphatic rings. The van der Waals surface area contributed by atoms with Crippen LogP contribution in [0.5, 0.6) is 0 Å². The van der Waals surface area contributed by atoms with Gasteiger partial charge in [0.25, 0.3) is 0 Å². The Kier molecular flexibility index (Phi) is 3.94. The van der Waals surface area contributed by atoms with Gasteiger partial charge in [-0.2, -0.15) is 0 Å². The molecule has 2 aromatic rings. The molecule has 1 heterocycles. The summed E-state index contributed by atoms with van der Waals surface area (Å²) in [7, 11) is 0. The number of carbonyl (C=O) groups excluding carboxylic acids is 2. The van der Waals surface area contributed by atoms with Crippen LogP contribution in [0.25, 0.3) is 0 Å². The van der Waals surface area contributed by atoms with E-state index in [2.05, 4.69) is 0 Å². The minimum absolute atomic E-state index is 0.166. The second kappa shape index (κ2) is 5.89. The number of nitrogens with zero attached hydrogens (tertiary/aromatic N) is 1. The second-order valence-electron chi connectivity index (χ2n) is 5.28. The molecule has 3 rings (SSSR count). The lowest BCUT2D eigenvalue weighted by atomic mass is 9.98. The first-order valence-electron chi connectivity index (χ1n) is 6.91. The summed E-state index contributed by atoms with van der Waals surface area (Å²) < 4.78 is 13.0. The molecule has 2 amide bonds. The Hall–Kier alpha value is -2.20. The highest BCUT2D eigenvalue weighted by molar-refractivity contribution is 6.30. The van der Waals surface area contributed by atoms with E-state index in [-0.39, 0.29) is 18.2 Å². The highest BCUT2D eigenvalue weighted by atomic mass is 35.5. The van der Waals surface area contributed by atoms with Crippen molar-refractivity contribution in [3.63, 3.8) is 0 Å². The van der Waals surface area contributed by atoms with Gasteiger partial charge in [-0.25, -0.2) is 4.39 Å². The number of hydrogen-bond donors (Lipinski definition) is 0. The van der Waals surface area contributed by atoms with Crippen LogP contribution in [0, 0.1) is 11.7 Å². The van der Waals surface area contributed by atoms with Gasteiger partial charge in [-0.05, 0) is 48.4 Å². The summed E-state index contributed by atoms with van der Waals surface area (Å²) in [4.78, 5) is 25.7. The van der Waals surface area contributed by atoms with E-state index >= 15 is 0 Å². The number of imide groups is 1. The van der Waals surface area contributed by atoms with E-state index in [0.717, 1.165) is 10.5 Å². The lowest BCUT2D eigenvalue weighted by Crippen LogP contribution is -2.30. The van der Waals surface area contributed by atoms with Gasteiger partial charge in [0, 0.05) is 11.4 Å². The maximum absolute atomic E-state index is 13.0. The van der Waals surface area contributed by atoms with Gasteiger partial charge in [-0.1, -0.05) is 23.7 Å². The molecule has 22 heavy (non-hydrogen) atoms. The van der Waals surface area contributed by atoms with Crippen molar-refractivity contribution in [3.05, 3.63) is 64.9 Å². The molecule has 0 aliphatic carbocycles. The number of benzene rings is 2. The maximum atomic E-state index is 13.0. The van der Waals surface area contributed by atoms with Crippen molar-refractivity contribution in [2.24, 2.45) is 5.92 Å². The van der Waals surface area contributed by atoms with E-state index in [4.69, 9.17) is 11.6 Å². The molecule has 0 unspecified atom stereocenters. The minimum Gasteiger partial charge on any atom is -0.274 e. The van der Waals surface area contributed by atoms with Gasteiger partial charge in [0.1, 0.15) is 5.82 Å². The van der Waals surface area contributed by atoms with Crippen LogP contribution in [0.1, 0.15) is 12.0 Å². The van der Waals surface area contributed by atoms with E-state index in [1.165, 1.54) is 24.3 Å². The van der Waals surface area contributed by atoms with Crippen molar-refractivity contribution in [1.82, 2.24) is 0 Å². The lowest BCUT2D eigenvalue weighted by molar-refractivity contribution is -0.122. The van der Waals surface area contributed by atoms with Crippen LogP contribution in [0.4, 0.5) is 10.1 Å². The van der Waals surface area contributed by atoms with Crippen molar-refractivity contribution in [2.45, 2.75) is 12.8 Å². The highest BCUT2D eigenvalue weighted by Crippen LogP contribution is 2.29. The molecule has 0 radical (unpaired) electrons. The van der Waals surface area contributed by atoms with Crippen molar-refractivity contribution < 1.29 is 14.0 Å². The van der Waals surface area contributed by atoms with Gasteiger partial charge >= 0.3 is 0 Å². The first kappa shape index (κ1) is 14.7. The Labute approximate surface area is 132 Å². The number of anilines is 1. The van der Waals surface area contributed by atoms with Crippen molar-refractivity contribution >= 4 is 29.1 Å². The zero-order valence-electron chi connectivity index (χ0n) is 11.6. The van der Waals surface area contributed by atoms with Crippen LogP contribution in [-0.4, -0.2) is 11.8 Å². The van der Waals surface area contributed by atoms with Gasteiger partial charge < -0.3 is 0 Å². The lowest BCUT2D eigenvalue weighted by Gasteiger charge is -2.15. The van der Waals surface area contributed by atoms with Gasteiger partial charge in [0.2, 0.25) is 11.8 Å². The summed E-state index contributed by atoms with van der Waals surface area (Å²) in [6.07, 6.45) is 0.651. The summed E-state index contributed by atoms with van der Waals surface area (Å²) in [5, 5.41) is 0.630. The Morgan fingerprint density at radius 1 is 1.05 bits per heavy atom. The summed E-state index contributed by atoms with van der Waals surface area (Å²) in [6.45, 7) is 0. The van der Waals surface area contributed by atoms with E-state index < -0.39 is 11.7 Å². The molecule has 1 aliphatic heterocycles. The third-order valence-corrected chi connectivity index (χ3v) is 3.97. The zero-order chi connectivity index (χ0) is 15.7. The highest BCUT2D eigenvalue weighted by Gasteiger charge is 2.39. The summed E-state index contributed by atoms with van der Waals surface area (Å²) >= 11 is 5.84. The van der Waals surface area contributed by atoms with Crippen molar-refractivity contribution in [3.8, 4) is 0 Å². The summed E-state index contributed by atoms with van der Waals surface area (Å²) in [6, 6.07) is 12.6. The van der Waals surface area contributed by atoms with Crippen molar-refractivity contribution in [2.75, 3.05) is 4.90 Å². The van der Waals surface area contributed by atoms with Crippen LogP contribution < -0.4 is 4.90 Å². The first-order valence-corrected chi connectivity index (χ1v) is 7.29. The average Bonchev–Trinajstić information content (AvgIpc) is 2.77. The fourth-order valence-corrected chi connectivity index (χ4v) is 2.75. The number of carbonyl (C=O) groups is 2. The second-order valence-corrected chi connectivity index (χ2v) is 5.71. The molecular formula is C17H13ClFNO2. The Morgan fingerprint density at radius 2 is 1.68 bits per heavy atom. The van der Waals surface area contributed by atoms with Crippen molar-refractivity contribution in [1.29, 1.82) is 0 Å². The Balaban J connectivity index is 1.79. The SMILES string of the molecule is O=C1C[C@H](Cc2ccc(Cl)cc2)C(=O)N1c1ccc(F)cc1. The van der Waals surface area contributed by atoms with Gasteiger partial charge in [-0.15, -0.1) is 0 Å². The fraction of sp³-hybridized carbons (Fsp3) is 0.176. The van der Waals surface area contributed by atoms with Crippen LogP contribution in [0.3, 0.4) is 0 Å². The summed E-state index contributed by atoms with van der Waals surface area (Å²) in [5.41, 5.74) is 1.37. The predicted molar refractivity (Wildman–Crippen MR) is 82.2 cm³/mol. The fourth-order valence-electron chi connectivity index (χ4n) is 2.62. The van der Waals surface area contributed by atoms with E-state index in [1.54, 1.807) is 12.1 Å². The molecule has 0 saturated carbocycles. The molecule has 0 N–H and O–H groups in total. The molecular weight excluding hydrogens is 305 g/mol. The minimum atomic E-state index is -0.402. The van der Waals surface area contributed by atoms with Crippen LogP contribution in [0.2, 0.25) is 5.02 Å². The molecule has 1 saturated heterocycles. The third-order valence-electron chi connectivity index (χ3n) is 3.72. The molecule has 0 bridgehead atoms. The Bertz CT molecular complexity index is 712. The van der Waals surface area contributed by atoms with E-state index in [1.807, 2.05) is 12.1 Å². The predicted octanol–water partition coefficient (Wildman–Crippen LogP) is 3.60. The number of halogens is 2.